The molecule has 3 heteroatoms. The standard InChI is InChI=1S/C14H24N2O/c1-14(2,6-15)7-16-13(17)12-10-8-3-4-9(5-8)11(10)12/h8-12H,3-7,15H2,1-2H3,(H,16,17). The fourth-order valence-corrected chi connectivity index (χ4v) is 4.19. The average molecular weight is 236 g/mol. The van der Waals surface area contributed by atoms with Crippen LogP contribution < -0.4 is 11.1 Å². The molecule has 3 nitrogen and oxygen atoms in total. The largest absolute Gasteiger partial charge is 0.355 e. The van der Waals surface area contributed by atoms with Gasteiger partial charge < -0.3 is 11.1 Å². The smallest absolute Gasteiger partial charge is 0.223 e. The van der Waals surface area contributed by atoms with E-state index >= 15 is 0 Å². The highest BCUT2D eigenvalue weighted by Crippen LogP contribution is 2.69. The van der Waals surface area contributed by atoms with Crippen molar-refractivity contribution in [1.29, 1.82) is 0 Å². The molecule has 3 fully saturated rings. The first-order valence-corrected chi connectivity index (χ1v) is 7.01. The number of fused-ring (bicyclic) bond motifs is 5. The monoisotopic (exact) mass is 236 g/mol. The van der Waals surface area contributed by atoms with Crippen LogP contribution in [0, 0.1) is 35.0 Å². The minimum absolute atomic E-state index is 0.0264. The van der Waals surface area contributed by atoms with Crippen LogP contribution in [0.5, 0.6) is 0 Å². The van der Waals surface area contributed by atoms with Crippen LogP contribution in [-0.2, 0) is 4.79 Å². The number of nitrogens with one attached hydrogen (secondary N) is 1. The van der Waals surface area contributed by atoms with Crippen molar-refractivity contribution in [3.63, 3.8) is 0 Å². The number of hydrogen-bond donors (Lipinski definition) is 2. The van der Waals surface area contributed by atoms with Gasteiger partial charge in [0.1, 0.15) is 0 Å². The van der Waals surface area contributed by atoms with Crippen LogP contribution in [0.1, 0.15) is 33.1 Å². The number of hydrogen-bond acceptors (Lipinski definition) is 2. The van der Waals surface area contributed by atoms with Crippen molar-refractivity contribution in [3.05, 3.63) is 0 Å². The van der Waals surface area contributed by atoms with Crippen LogP contribution in [-0.4, -0.2) is 19.0 Å². The zero-order valence-corrected chi connectivity index (χ0v) is 10.9. The Hall–Kier alpha value is -0.570. The molecule has 3 N–H and O–H groups in total. The van der Waals surface area contributed by atoms with Gasteiger partial charge in [-0.3, -0.25) is 4.79 Å². The summed E-state index contributed by atoms with van der Waals surface area (Å²) in [5.41, 5.74) is 5.71. The summed E-state index contributed by atoms with van der Waals surface area (Å²) in [6.45, 7) is 5.54. The molecule has 0 heterocycles. The zero-order chi connectivity index (χ0) is 12.2. The molecule has 0 aliphatic heterocycles. The Labute approximate surface area is 104 Å². The van der Waals surface area contributed by atoms with Gasteiger partial charge in [-0.25, -0.2) is 0 Å². The van der Waals surface area contributed by atoms with E-state index in [0.29, 0.717) is 24.9 Å². The highest BCUT2D eigenvalue weighted by molar-refractivity contribution is 5.82. The van der Waals surface area contributed by atoms with Gasteiger partial charge in [0, 0.05) is 12.5 Å². The number of amides is 1. The molecule has 4 atom stereocenters. The summed E-state index contributed by atoms with van der Waals surface area (Å²) in [6.07, 6.45) is 4.17. The van der Waals surface area contributed by atoms with E-state index in [2.05, 4.69) is 19.2 Å². The molecule has 3 saturated carbocycles. The summed E-state index contributed by atoms with van der Waals surface area (Å²) < 4.78 is 0. The van der Waals surface area contributed by atoms with Crippen LogP contribution in [0.3, 0.4) is 0 Å². The van der Waals surface area contributed by atoms with E-state index in [-0.39, 0.29) is 5.41 Å². The Morgan fingerprint density at radius 3 is 2.41 bits per heavy atom. The van der Waals surface area contributed by atoms with Crippen molar-refractivity contribution in [1.82, 2.24) is 5.32 Å². The van der Waals surface area contributed by atoms with Crippen molar-refractivity contribution in [2.45, 2.75) is 33.1 Å². The van der Waals surface area contributed by atoms with Crippen molar-refractivity contribution in [2.75, 3.05) is 13.1 Å². The van der Waals surface area contributed by atoms with E-state index in [1.54, 1.807) is 0 Å². The first-order chi connectivity index (χ1) is 8.03. The lowest BCUT2D eigenvalue weighted by Crippen LogP contribution is -2.39. The maximum atomic E-state index is 12.1. The van der Waals surface area contributed by atoms with Crippen molar-refractivity contribution in [3.8, 4) is 0 Å². The van der Waals surface area contributed by atoms with Crippen molar-refractivity contribution in [2.24, 2.45) is 40.7 Å². The Morgan fingerprint density at radius 1 is 1.29 bits per heavy atom. The van der Waals surface area contributed by atoms with E-state index in [1.807, 2.05) is 0 Å². The van der Waals surface area contributed by atoms with Crippen LogP contribution in [0.4, 0.5) is 0 Å². The van der Waals surface area contributed by atoms with Crippen LogP contribution in [0.2, 0.25) is 0 Å². The topological polar surface area (TPSA) is 55.1 Å². The first kappa shape index (κ1) is 11.5. The van der Waals surface area contributed by atoms with Gasteiger partial charge in [0.25, 0.3) is 0 Å². The number of nitrogens with two attached hydrogens (primary N) is 1. The maximum absolute atomic E-state index is 12.1. The number of carbonyl (C=O) groups is 1. The molecule has 0 aromatic heterocycles. The van der Waals surface area contributed by atoms with Gasteiger partial charge in [0.05, 0.1) is 0 Å². The van der Waals surface area contributed by atoms with Crippen LogP contribution in [0.15, 0.2) is 0 Å². The lowest BCUT2D eigenvalue weighted by Gasteiger charge is -2.23. The number of rotatable bonds is 4. The van der Waals surface area contributed by atoms with Gasteiger partial charge in [-0.2, -0.15) is 0 Å². The second-order valence-electron chi connectivity index (χ2n) is 7.10. The predicted molar refractivity (Wildman–Crippen MR) is 67.1 cm³/mol. The summed E-state index contributed by atoms with van der Waals surface area (Å²) in [5, 5.41) is 3.11. The fourth-order valence-electron chi connectivity index (χ4n) is 4.19. The van der Waals surface area contributed by atoms with Gasteiger partial charge in [0.15, 0.2) is 0 Å². The molecule has 96 valence electrons. The van der Waals surface area contributed by atoms with E-state index < -0.39 is 0 Å². The summed E-state index contributed by atoms with van der Waals surface area (Å²) in [5.74, 6) is 3.91. The van der Waals surface area contributed by atoms with E-state index in [4.69, 9.17) is 5.73 Å². The Kier molecular flexibility index (Phi) is 2.51. The summed E-state index contributed by atoms with van der Waals surface area (Å²) in [4.78, 5) is 12.1. The second-order valence-corrected chi connectivity index (χ2v) is 7.10. The molecule has 17 heavy (non-hydrogen) atoms. The zero-order valence-electron chi connectivity index (χ0n) is 10.9. The third-order valence-electron chi connectivity index (χ3n) is 5.33. The van der Waals surface area contributed by atoms with Crippen LogP contribution in [0.25, 0.3) is 0 Å². The lowest BCUT2D eigenvalue weighted by molar-refractivity contribution is -0.123. The Morgan fingerprint density at radius 2 is 1.88 bits per heavy atom. The van der Waals surface area contributed by atoms with Crippen molar-refractivity contribution < 1.29 is 4.79 Å². The molecule has 4 unspecified atom stereocenters. The molecule has 0 radical (unpaired) electrons. The molecule has 2 bridgehead atoms. The van der Waals surface area contributed by atoms with Crippen LogP contribution >= 0.6 is 0 Å². The minimum atomic E-state index is 0.0264. The summed E-state index contributed by atoms with van der Waals surface area (Å²) in [6, 6.07) is 0. The summed E-state index contributed by atoms with van der Waals surface area (Å²) in [7, 11) is 0. The minimum Gasteiger partial charge on any atom is -0.355 e. The molecule has 0 aromatic carbocycles. The van der Waals surface area contributed by atoms with Gasteiger partial charge in [-0.1, -0.05) is 13.8 Å². The Balaban J connectivity index is 1.53. The quantitative estimate of drug-likeness (QED) is 0.775. The van der Waals surface area contributed by atoms with Gasteiger partial charge in [-0.15, -0.1) is 0 Å². The number of carbonyl (C=O) groups excluding carboxylic acids is 1. The van der Waals surface area contributed by atoms with Gasteiger partial charge in [0.2, 0.25) is 5.91 Å². The molecule has 3 rings (SSSR count). The fraction of sp³-hybridized carbons (Fsp3) is 0.929. The summed E-state index contributed by atoms with van der Waals surface area (Å²) >= 11 is 0. The lowest BCUT2D eigenvalue weighted by atomic mass is 9.93. The highest BCUT2D eigenvalue weighted by Gasteiger charge is 2.67. The molecule has 0 aromatic rings. The molecular weight excluding hydrogens is 212 g/mol. The molecular formula is C14H24N2O. The van der Waals surface area contributed by atoms with E-state index in [9.17, 15) is 4.79 Å². The maximum Gasteiger partial charge on any atom is 0.223 e. The van der Waals surface area contributed by atoms with E-state index in [1.165, 1.54) is 19.3 Å². The van der Waals surface area contributed by atoms with Crippen molar-refractivity contribution >= 4 is 5.91 Å². The van der Waals surface area contributed by atoms with Gasteiger partial charge in [-0.05, 0) is 54.9 Å². The molecule has 0 spiro atoms. The SMILES string of the molecule is CC(C)(CN)CNC(=O)C1C2C3CCC(C3)C12. The molecule has 0 saturated heterocycles. The first-order valence-electron chi connectivity index (χ1n) is 7.01. The molecule has 1 amide bonds. The Bertz CT molecular complexity index is 323. The third kappa shape index (κ3) is 1.79. The normalized spacial score (nSPS) is 42.4. The highest BCUT2D eigenvalue weighted by atomic mass is 16.2. The predicted octanol–water partition coefficient (Wildman–Crippen LogP) is 1.38. The third-order valence-corrected chi connectivity index (χ3v) is 5.33. The average Bonchev–Trinajstić information content (AvgIpc) is 2.75. The molecule has 3 aliphatic rings. The van der Waals surface area contributed by atoms with E-state index in [0.717, 1.165) is 23.7 Å². The van der Waals surface area contributed by atoms with Gasteiger partial charge >= 0.3 is 0 Å². The molecule has 3 aliphatic carbocycles. The second kappa shape index (κ2) is 3.71.